The van der Waals surface area contributed by atoms with Crippen LogP contribution in [0.2, 0.25) is 0 Å². The lowest BCUT2D eigenvalue weighted by molar-refractivity contribution is -0.142. The summed E-state index contributed by atoms with van der Waals surface area (Å²) in [6.07, 6.45) is -0.438. The third-order valence-electron chi connectivity index (χ3n) is 6.07. The van der Waals surface area contributed by atoms with Crippen LogP contribution in [0.1, 0.15) is 48.1 Å². The minimum absolute atomic E-state index is 0.0529. The summed E-state index contributed by atoms with van der Waals surface area (Å²) in [6.45, 7) is 0.763. The summed E-state index contributed by atoms with van der Waals surface area (Å²) in [7, 11) is 2.44. The molecule has 2 aromatic carbocycles. The first kappa shape index (κ1) is 28.8. The second kappa shape index (κ2) is 13.2. The molecule has 4 amide bonds. The van der Waals surface area contributed by atoms with Crippen LogP contribution in [0.15, 0.2) is 48.5 Å². The lowest BCUT2D eigenvalue weighted by atomic mass is 10.0. The maximum Gasteiger partial charge on any atom is 0.307 e. The minimum atomic E-state index is -1.19. The smallest absolute Gasteiger partial charge is 0.307 e. The van der Waals surface area contributed by atoms with Crippen molar-refractivity contribution >= 4 is 46.9 Å². The molecule has 0 radical (unpaired) electrons. The lowest BCUT2D eigenvalue weighted by Crippen LogP contribution is -2.50. The summed E-state index contributed by atoms with van der Waals surface area (Å²) >= 11 is 0. The SMILES string of the molecule is COC(=O)CC[C@H]1C(=O)Nc2ccc(NC(C)=O)cc2C(=O)N1CC(=O)N[C@H](CC(=O)OC)c1ccccc1. The Balaban J connectivity index is 1.93. The summed E-state index contributed by atoms with van der Waals surface area (Å²) in [5, 5.41) is 8.00. The fraction of sp³-hybridized carbons (Fsp3) is 0.333. The number of nitrogens with zero attached hydrogens (tertiary/aromatic N) is 1. The van der Waals surface area contributed by atoms with Crippen LogP contribution in [-0.2, 0) is 33.4 Å². The van der Waals surface area contributed by atoms with Gasteiger partial charge in [-0.3, -0.25) is 28.8 Å². The van der Waals surface area contributed by atoms with Crippen molar-refractivity contribution in [2.75, 3.05) is 31.4 Å². The van der Waals surface area contributed by atoms with E-state index in [4.69, 9.17) is 4.74 Å². The third-order valence-corrected chi connectivity index (χ3v) is 6.07. The monoisotopic (exact) mass is 538 g/mol. The number of anilines is 2. The van der Waals surface area contributed by atoms with Crippen LogP contribution in [0.3, 0.4) is 0 Å². The molecule has 206 valence electrons. The normalized spacial score (nSPS) is 15.3. The Bertz CT molecular complexity index is 1260. The molecule has 0 aromatic heterocycles. The van der Waals surface area contributed by atoms with Gasteiger partial charge in [0.25, 0.3) is 5.91 Å². The van der Waals surface area contributed by atoms with E-state index in [0.717, 1.165) is 4.90 Å². The topological polar surface area (TPSA) is 160 Å². The van der Waals surface area contributed by atoms with Crippen molar-refractivity contribution in [3.05, 3.63) is 59.7 Å². The Morgan fingerprint density at radius 3 is 2.33 bits per heavy atom. The molecule has 1 heterocycles. The van der Waals surface area contributed by atoms with Crippen LogP contribution in [0, 0.1) is 0 Å². The Morgan fingerprint density at radius 1 is 1.00 bits per heavy atom. The predicted molar refractivity (Wildman–Crippen MR) is 139 cm³/mol. The van der Waals surface area contributed by atoms with Gasteiger partial charge in [0.15, 0.2) is 0 Å². The Morgan fingerprint density at radius 2 is 1.69 bits per heavy atom. The van der Waals surface area contributed by atoms with Gasteiger partial charge in [0.1, 0.15) is 12.6 Å². The van der Waals surface area contributed by atoms with E-state index in [1.807, 2.05) is 0 Å². The number of methoxy groups -OCH3 is 2. The van der Waals surface area contributed by atoms with E-state index in [1.54, 1.807) is 30.3 Å². The average Bonchev–Trinajstić information content (AvgIpc) is 3.00. The van der Waals surface area contributed by atoms with Gasteiger partial charge < -0.3 is 30.3 Å². The molecule has 39 heavy (non-hydrogen) atoms. The zero-order valence-electron chi connectivity index (χ0n) is 21.8. The number of ether oxygens (including phenoxy) is 2. The molecule has 0 spiro atoms. The zero-order valence-corrected chi connectivity index (χ0v) is 21.8. The molecule has 0 saturated carbocycles. The number of amides is 4. The van der Waals surface area contributed by atoms with E-state index in [-0.39, 0.29) is 36.4 Å². The maximum atomic E-state index is 13.7. The van der Waals surface area contributed by atoms with Gasteiger partial charge in [-0.25, -0.2) is 0 Å². The van der Waals surface area contributed by atoms with E-state index in [2.05, 4.69) is 20.7 Å². The third kappa shape index (κ3) is 7.63. The van der Waals surface area contributed by atoms with Gasteiger partial charge in [0.2, 0.25) is 17.7 Å². The standard InChI is InChI=1S/C27H30N4O8/c1-16(32)28-18-9-10-20-19(13-18)27(37)31(22(26(36)30-20)11-12-24(34)38-2)15-23(33)29-21(14-25(35)39-3)17-7-5-4-6-8-17/h4-10,13,21-22H,11-12,14-15H2,1-3H3,(H,28,32)(H,29,33)(H,30,36)/t21-,22+/m1/s1. The predicted octanol–water partition coefficient (Wildman–Crippen LogP) is 1.78. The lowest BCUT2D eigenvalue weighted by Gasteiger charge is -2.29. The highest BCUT2D eigenvalue weighted by atomic mass is 16.5. The van der Waals surface area contributed by atoms with Crippen LogP contribution < -0.4 is 16.0 Å². The van der Waals surface area contributed by atoms with Crippen molar-refractivity contribution < 1.29 is 38.2 Å². The van der Waals surface area contributed by atoms with Crippen LogP contribution in [0.4, 0.5) is 11.4 Å². The van der Waals surface area contributed by atoms with Crippen LogP contribution >= 0.6 is 0 Å². The molecule has 2 atom stereocenters. The van der Waals surface area contributed by atoms with Crippen molar-refractivity contribution in [1.29, 1.82) is 0 Å². The quantitative estimate of drug-likeness (QED) is 0.386. The largest absolute Gasteiger partial charge is 0.469 e. The van der Waals surface area contributed by atoms with Gasteiger partial charge in [0, 0.05) is 19.0 Å². The summed E-state index contributed by atoms with van der Waals surface area (Å²) in [6, 6.07) is 11.2. The highest BCUT2D eigenvalue weighted by Crippen LogP contribution is 2.28. The first-order valence-corrected chi connectivity index (χ1v) is 12.1. The van der Waals surface area contributed by atoms with E-state index in [0.29, 0.717) is 11.3 Å². The van der Waals surface area contributed by atoms with Crippen molar-refractivity contribution in [3.8, 4) is 0 Å². The van der Waals surface area contributed by atoms with Gasteiger partial charge in [-0.05, 0) is 30.2 Å². The number of hydrogen-bond donors (Lipinski definition) is 3. The van der Waals surface area contributed by atoms with Gasteiger partial charge in [0.05, 0.1) is 37.9 Å². The molecule has 1 aliphatic rings. The van der Waals surface area contributed by atoms with Crippen molar-refractivity contribution in [2.24, 2.45) is 0 Å². The number of carbonyl (C=O) groups is 6. The molecular weight excluding hydrogens is 508 g/mol. The molecule has 2 aromatic rings. The molecule has 0 fully saturated rings. The Kier molecular flexibility index (Phi) is 9.74. The van der Waals surface area contributed by atoms with Gasteiger partial charge in [-0.2, -0.15) is 0 Å². The molecule has 0 saturated heterocycles. The molecule has 0 unspecified atom stereocenters. The van der Waals surface area contributed by atoms with E-state index >= 15 is 0 Å². The summed E-state index contributed by atoms with van der Waals surface area (Å²) in [4.78, 5) is 76.6. The molecule has 3 rings (SSSR count). The molecule has 3 N–H and O–H groups in total. The summed E-state index contributed by atoms with van der Waals surface area (Å²) in [5.41, 5.74) is 1.21. The zero-order chi connectivity index (χ0) is 28.5. The fourth-order valence-electron chi connectivity index (χ4n) is 4.17. The number of fused-ring (bicyclic) bond motifs is 1. The van der Waals surface area contributed by atoms with Gasteiger partial charge in [-0.1, -0.05) is 30.3 Å². The number of benzene rings is 2. The van der Waals surface area contributed by atoms with Gasteiger partial charge >= 0.3 is 11.9 Å². The number of nitrogens with one attached hydrogen (secondary N) is 3. The number of esters is 2. The average molecular weight is 539 g/mol. The maximum absolute atomic E-state index is 13.7. The van der Waals surface area contributed by atoms with E-state index < -0.39 is 48.3 Å². The molecular formula is C27H30N4O8. The van der Waals surface area contributed by atoms with Crippen LogP contribution in [0.5, 0.6) is 0 Å². The summed E-state index contributed by atoms with van der Waals surface area (Å²) < 4.78 is 9.44. The van der Waals surface area contributed by atoms with Crippen LogP contribution in [0.25, 0.3) is 0 Å². The van der Waals surface area contributed by atoms with Crippen molar-refractivity contribution in [1.82, 2.24) is 10.2 Å². The summed E-state index contributed by atoms with van der Waals surface area (Å²) in [5.74, 6) is -3.39. The van der Waals surface area contributed by atoms with Gasteiger partial charge in [-0.15, -0.1) is 0 Å². The van der Waals surface area contributed by atoms with Crippen molar-refractivity contribution in [3.63, 3.8) is 0 Å². The highest BCUT2D eigenvalue weighted by Gasteiger charge is 2.37. The minimum Gasteiger partial charge on any atom is -0.469 e. The molecule has 12 nitrogen and oxygen atoms in total. The van der Waals surface area contributed by atoms with E-state index in [1.165, 1.54) is 39.3 Å². The Labute approximate surface area is 225 Å². The number of carbonyl (C=O) groups excluding carboxylic acids is 6. The van der Waals surface area contributed by atoms with E-state index in [9.17, 15) is 28.8 Å². The number of hydrogen-bond acceptors (Lipinski definition) is 8. The molecule has 1 aliphatic heterocycles. The first-order valence-electron chi connectivity index (χ1n) is 12.1. The fourth-order valence-corrected chi connectivity index (χ4v) is 4.17. The molecule has 0 bridgehead atoms. The number of rotatable bonds is 10. The molecule has 12 heteroatoms. The first-order chi connectivity index (χ1) is 18.6. The Hall–Kier alpha value is -4.74. The van der Waals surface area contributed by atoms with Crippen molar-refractivity contribution in [2.45, 2.75) is 38.3 Å². The second-order valence-electron chi connectivity index (χ2n) is 8.81. The second-order valence-corrected chi connectivity index (χ2v) is 8.81. The highest BCUT2D eigenvalue weighted by molar-refractivity contribution is 6.11. The molecule has 0 aliphatic carbocycles. The van der Waals surface area contributed by atoms with Crippen LogP contribution in [-0.4, -0.2) is 67.3 Å².